The minimum absolute atomic E-state index is 0.0845. The van der Waals surface area contributed by atoms with Crippen molar-refractivity contribution in [1.82, 2.24) is 0 Å². The zero-order chi connectivity index (χ0) is 19.0. The molecule has 1 saturated heterocycles. The number of fused-ring (bicyclic) bond motifs is 1. The smallest absolute Gasteiger partial charge is 0.274 e. The molecule has 0 N–H and O–H groups in total. The molecule has 7 nitrogen and oxygen atoms in total. The van der Waals surface area contributed by atoms with E-state index < -0.39 is 5.91 Å². The van der Waals surface area contributed by atoms with Crippen molar-refractivity contribution in [3.63, 3.8) is 0 Å². The van der Waals surface area contributed by atoms with Gasteiger partial charge in [0.25, 0.3) is 5.91 Å². The number of anilines is 2. The minimum Gasteiger partial charge on any atom is -0.274 e. The third-order valence-corrected chi connectivity index (χ3v) is 5.05. The van der Waals surface area contributed by atoms with Gasteiger partial charge in [0.1, 0.15) is 0 Å². The van der Waals surface area contributed by atoms with E-state index in [1.54, 1.807) is 36.4 Å². The molecule has 2 aliphatic heterocycles. The number of rotatable bonds is 2. The third kappa shape index (κ3) is 2.93. The van der Waals surface area contributed by atoms with Crippen LogP contribution in [0.4, 0.5) is 11.4 Å². The number of hydrogen-bond acceptors (Lipinski definition) is 6. The monoisotopic (exact) mass is 378 g/mol. The lowest BCUT2D eigenvalue weighted by atomic mass is 10.1. The number of benzene rings is 2. The minimum atomic E-state index is -0.520. The highest BCUT2D eigenvalue weighted by molar-refractivity contribution is 8.15. The number of para-hydroxylation sites is 2. The van der Waals surface area contributed by atoms with Crippen LogP contribution in [0.5, 0.6) is 0 Å². The van der Waals surface area contributed by atoms with Crippen LogP contribution in [0.15, 0.2) is 64.8 Å². The Hall–Kier alpha value is -3.26. The van der Waals surface area contributed by atoms with Gasteiger partial charge in [-0.15, -0.1) is 10.2 Å². The maximum Gasteiger partial charge on any atom is 0.286 e. The van der Waals surface area contributed by atoms with Crippen LogP contribution in [-0.2, 0) is 14.4 Å². The lowest BCUT2D eigenvalue weighted by Crippen LogP contribution is -2.34. The van der Waals surface area contributed by atoms with Crippen LogP contribution in [0.2, 0.25) is 0 Å². The van der Waals surface area contributed by atoms with Crippen molar-refractivity contribution in [3.8, 4) is 0 Å². The molecule has 0 atom stereocenters. The summed E-state index contributed by atoms with van der Waals surface area (Å²) in [5, 5.41) is 8.68. The van der Waals surface area contributed by atoms with Gasteiger partial charge in [0.05, 0.1) is 17.1 Å². The molecule has 0 aromatic heterocycles. The molecule has 2 heterocycles. The second kappa shape index (κ2) is 6.81. The van der Waals surface area contributed by atoms with E-state index in [-0.39, 0.29) is 23.3 Å². The molecular formula is C19H14N4O3S. The standard InChI is InChI=1S/C19H14N4O3S/c1-12(24)22-15-10-6-5-9-14(15)17(18(22)26)20-21-19-23(16(25)11-27-19)13-7-3-2-4-8-13/h2-10H,11H2,1H3/b20-17-,21-19+. The van der Waals surface area contributed by atoms with Gasteiger partial charge < -0.3 is 0 Å². The van der Waals surface area contributed by atoms with Gasteiger partial charge in [-0.3, -0.25) is 19.3 Å². The Bertz CT molecular complexity index is 1020. The molecule has 0 aliphatic carbocycles. The zero-order valence-corrected chi connectivity index (χ0v) is 15.1. The summed E-state index contributed by atoms with van der Waals surface area (Å²) in [6.45, 7) is 1.33. The Morgan fingerprint density at radius 1 is 1.00 bits per heavy atom. The molecule has 134 valence electrons. The van der Waals surface area contributed by atoms with Gasteiger partial charge in [-0.05, 0) is 18.2 Å². The van der Waals surface area contributed by atoms with Crippen molar-refractivity contribution in [2.45, 2.75) is 6.92 Å². The van der Waals surface area contributed by atoms with E-state index in [0.717, 1.165) is 4.90 Å². The van der Waals surface area contributed by atoms with E-state index in [4.69, 9.17) is 0 Å². The molecule has 2 aromatic rings. The summed E-state index contributed by atoms with van der Waals surface area (Å²) in [5.74, 6) is -0.758. The Kier molecular flexibility index (Phi) is 4.33. The number of carbonyl (C=O) groups is 3. The average Bonchev–Trinajstić information content (AvgIpc) is 3.17. The van der Waals surface area contributed by atoms with Crippen LogP contribution in [0.25, 0.3) is 0 Å². The molecular weight excluding hydrogens is 364 g/mol. The van der Waals surface area contributed by atoms with Gasteiger partial charge in [0.2, 0.25) is 11.8 Å². The summed E-state index contributed by atoms with van der Waals surface area (Å²) in [6.07, 6.45) is 0. The SMILES string of the molecule is CC(=O)N1C(=O)/C(=N\N=C2\SCC(=O)N2c2ccccc2)c2ccccc21. The van der Waals surface area contributed by atoms with E-state index in [1.807, 2.05) is 18.2 Å². The fourth-order valence-corrected chi connectivity index (χ4v) is 3.79. The predicted molar refractivity (Wildman–Crippen MR) is 105 cm³/mol. The van der Waals surface area contributed by atoms with E-state index in [9.17, 15) is 14.4 Å². The molecule has 0 unspecified atom stereocenters. The van der Waals surface area contributed by atoms with Gasteiger partial charge in [-0.1, -0.05) is 48.2 Å². The Morgan fingerprint density at radius 3 is 2.44 bits per heavy atom. The summed E-state index contributed by atoms with van der Waals surface area (Å²) in [7, 11) is 0. The molecule has 4 rings (SSSR count). The lowest BCUT2D eigenvalue weighted by molar-refractivity contribution is -0.122. The Labute approximate surface area is 159 Å². The van der Waals surface area contributed by atoms with Crippen LogP contribution >= 0.6 is 11.8 Å². The van der Waals surface area contributed by atoms with Crippen molar-refractivity contribution in [1.29, 1.82) is 0 Å². The quantitative estimate of drug-likeness (QED) is 0.752. The molecule has 3 amide bonds. The first-order valence-corrected chi connectivity index (χ1v) is 9.17. The van der Waals surface area contributed by atoms with E-state index >= 15 is 0 Å². The summed E-state index contributed by atoms with van der Waals surface area (Å²) < 4.78 is 0. The Morgan fingerprint density at radius 2 is 1.70 bits per heavy atom. The van der Waals surface area contributed by atoms with E-state index in [2.05, 4.69) is 10.2 Å². The number of hydrogen-bond donors (Lipinski definition) is 0. The summed E-state index contributed by atoms with van der Waals surface area (Å²) in [6, 6.07) is 16.1. The highest BCUT2D eigenvalue weighted by atomic mass is 32.2. The maximum absolute atomic E-state index is 12.6. The molecule has 2 aromatic carbocycles. The molecule has 0 saturated carbocycles. The van der Waals surface area contributed by atoms with E-state index in [0.29, 0.717) is 22.1 Å². The summed E-state index contributed by atoms with van der Waals surface area (Å²) in [5.41, 5.74) is 1.81. The number of thioether (sulfide) groups is 1. The molecule has 0 spiro atoms. The highest BCUT2D eigenvalue weighted by Crippen LogP contribution is 2.30. The van der Waals surface area contributed by atoms with Crippen molar-refractivity contribution >= 4 is 51.7 Å². The number of amidine groups is 1. The van der Waals surface area contributed by atoms with Crippen LogP contribution in [-0.4, -0.2) is 34.4 Å². The number of amides is 3. The second-order valence-electron chi connectivity index (χ2n) is 5.86. The number of nitrogens with zero attached hydrogens (tertiary/aromatic N) is 4. The maximum atomic E-state index is 12.6. The summed E-state index contributed by atoms with van der Waals surface area (Å²) in [4.78, 5) is 39.3. The van der Waals surface area contributed by atoms with Crippen LogP contribution < -0.4 is 9.80 Å². The van der Waals surface area contributed by atoms with Crippen LogP contribution in [0.1, 0.15) is 12.5 Å². The largest absolute Gasteiger partial charge is 0.286 e. The predicted octanol–water partition coefficient (Wildman–Crippen LogP) is 2.42. The lowest BCUT2D eigenvalue weighted by Gasteiger charge is -2.14. The zero-order valence-electron chi connectivity index (χ0n) is 14.3. The molecule has 2 aliphatic rings. The van der Waals surface area contributed by atoms with Crippen molar-refractivity contribution < 1.29 is 14.4 Å². The van der Waals surface area contributed by atoms with Gasteiger partial charge >= 0.3 is 0 Å². The van der Waals surface area contributed by atoms with Gasteiger partial charge in [-0.2, -0.15) is 0 Å². The molecule has 27 heavy (non-hydrogen) atoms. The van der Waals surface area contributed by atoms with Crippen LogP contribution in [0, 0.1) is 0 Å². The first kappa shape index (κ1) is 17.2. The molecule has 8 heteroatoms. The molecule has 0 bridgehead atoms. The summed E-state index contributed by atoms with van der Waals surface area (Å²) >= 11 is 1.25. The average molecular weight is 378 g/mol. The van der Waals surface area contributed by atoms with Crippen molar-refractivity contribution in [2.75, 3.05) is 15.6 Å². The molecule has 1 fully saturated rings. The molecule has 0 radical (unpaired) electrons. The van der Waals surface area contributed by atoms with Gasteiger partial charge in [0, 0.05) is 12.5 Å². The van der Waals surface area contributed by atoms with Gasteiger partial charge in [-0.25, -0.2) is 4.90 Å². The number of carbonyl (C=O) groups excluding carboxylic acids is 3. The topological polar surface area (TPSA) is 82.4 Å². The fourth-order valence-electron chi connectivity index (χ4n) is 2.97. The van der Waals surface area contributed by atoms with Crippen molar-refractivity contribution in [2.24, 2.45) is 10.2 Å². The van der Waals surface area contributed by atoms with Gasteiger partial charge in [0.15, 0.2) is 10.9 Å². The first-order chi connectivity index (χ1) is 13.1. The second-order valence-corrected chi connectivity index (χ2v) is 6.80. The fraction of sp³-hybridized carbons (Fsp3) is 0.105. The number of imide groups is 1. The first-order valence-electron chi connectivity index (χ1n) is 8.19. The Balaban J connectivity index is 1.74. The van der Waals surface area contributed by atoms with E-state index in [1.165, 1.54) is 23.6 Å². The highest BCUT2D eigenvalue weighted by Gasteiger charge is 2.37. The van der Waals surface area contributed by atoms with Crippen molar-refractivity contribution in [3.05, 3.63) is 60.2 Å². The third-order valence-electron chi connectivity index (χ3n) is 4.14. The van der Waals surface area contributed by atoms with Crippen LogP contribution in [0.3, 0.4) is 0 Å². The normalized spacial score (nSPS) is 19.3.